The quantitative estimate of drug-likeness (QED) is 0.490. The van der Waals surface area contributed by atoms with E-state index in [0.29, 0.717) is 54.1 Å². The molecule has 2 aromatic carbocycles. The Morgan fingerprint density at radius 2 is 1.68 bits per heavy atom. The number of allylic oxidation sites excluding steroid dienone is 3. The number of hydrogen-bond acceptors (Lipinski definition) is 8. The fourth-order valence-corrected chi connectivity index (χ4v) is 8.64. The van der Waals surface area contributed by atoms with Gasteiger partial charge < -0.3 is 39.0 Å². The maximum Gasteiger partial charge on any atom is 0.177 e. The lowest BCUT2D eigenvalue weighted by Gasteiger charge is -2.40. The van der Waals surface area contributed by atoms with E-state index in [-0.39, 0.29) is 11.8 Å². The van der Waals surface area contributed by atoms with E-state index in [9.17, 15) is 10.2 Å². The fraction of sp³-hybridized carbons (Fsp3) is 0.500. The number of aliphatic hydroxyl groups is 2. The second-order valence-corrected chi connectivity index (χ2v) is 13.2. The molecule has 3 saturated heterocycles. The van der Waals surface area contributed by atoms with Crippen LogP contribution in [0.5, 0.6) is 0 Å². The second kappa shape index (κ2) is 11.2. The van der Waals surface area contributed by atoms with Gasteiger partial charge in [0.1, 0.15) is 17.3 Å². The highest BCUT2D eigenvalue weighted by Crippen LogP contribution is 2.68. The number of anilines is 1. The summed E-state index contributed by atoms with van der Waals surface area (Å²) in [6, 6.07) is 18.6. The molecule has 0 aromatic heterocycles. The summed E-state index contributed by atoms with van der Waals surface area (Å²) in [5.74, 6) is 2.16. The van der Waals surface area contributed by atoms with E-state index in [1.165, 1.54) is 0 Å². The Bertz CT molecular complexity index is 1460. The van der Waals surface area contributed by atoms with Crippen molar-refractivity contribution in [3.8, 4) is 0 Å². The SMILES string of the molecule is COC1=CCCC(OC)=C2C(=C1)O[C@@]1(c3ccc(N4C[C@H]5COC[C@H]5C4)cc3)[C@H](c3ccccc3)[C@@H](CN(C)C)[C@@H](O)[C@@]21O. The molecule has 5 aliphatic rings. The first kappa shape index (κ1) is 29.4. The Morgan fingerprint density at radius 1 is 0.977 bits per heavy atom. The van der Waals surface area contributed by atoms with Crippen LogP contribution in [0.1, 0.15) is 29.9 Å². The van der Waals surface area contributed by atoms with Gasteiger partial charge in [0.2, 0.25) is 0 Å². The summed E-state index contributed by atoms with van der Waals surface area (Å²) in [7, 11) is 7.27. The Morgan fingerprint density at radius 3 is 2.32 bits per heavy atom. The number of hydrogen-bond donors (Lipinski definition) is 2. The molecular formula is C36H44N2O6. The van der Waals surface area contributed by atoms with Crippen LogP contribution in [0.4, 0.5) is 5.69 Å². The molecule has 0 spiro atoms. The van der Waals surface area contributed by atoms with E-state index < -0.39 is 17.3 Å². The summed E-state index contributed by atoms with van der Waals surface area (Å²) >= 11 is 0. The van der Waals surface area contributed by atoms with Crippen LogP contribution in [-0.4, -0.2) is 88.0 Å². The van der Waals surface area contributed by atoms with Crippen molar-refractivity contribution in [2.75, 3.05) is 66.1 Å². The summed E-state index contributed by atoms with van der Waals surface area (Å²) < 4.78 is 24.6. The van der Waals surface area contributed by atoms with Crippen molar-refractivity contribution in [3.63, 3.8) is 0 Å². The molecular weight excluding hydrogens is 556 g/mol. The molecule has 2 N–H and O–H groups in total. The van der Waals surface area contributed by atoms with Crippen molar-refractivity contribution >= 4 is 5.69 Å². The zero-order valence-electron chi connectivity index (χ0n) is 26.1. The summed E-state index contributed by atoms with van der Waals surface area (Å²) in [5.41, 5.74) is 0.338. The molecule has 0 radical (unpaired) electrons. The van der Waals surface area contributed by atoms with Crippen LogP contribution in [0, 0.1) is 17.8 Å². The average molecular weight is 601 g/mol. The van der Waals surface area contributed by atoms with Crippen LogP contribution in [0.15, 0.2) is 89.6 Å². The molecule has 2 aromatic rings. The van der Waals surface area contributed by atoms with Crippen LogP contribution in [0.2, 0.25) is 0 Å². The predicted octanol–water partition coefficient (Wildman–Crippen LogP) is 4.17. The summed E-state index contributed by atoms with van der Waals surface area (Å²) in [6.07, 6.45) is 3.90. The molecule has 7 atom stereocenters. The van der Waals surface area contributed by atoms with Crippen molar-refractivity contribution in [3.05, 3.63) is 101 Å². The van der Waals surface area contributed by atoms with Gasteiger partial charge >= 0.3 is 0 Å². The topological polar surface area (TPSA) is 83.9 Å². The van der Waals surface area contributed by atoms with Gasteiger partial charge in [0, 0.05) is 61.5 Å². The lowest BCUT2D eigenvalue weighted by molar-refractivity contribution is -0.131. The molecule has 44 heavy (non-hydrogen) atoms. The molecule has 7 rings (SSSR count). The zero-order chi connectivity index (χ0) is 30.6. The maximum absolute atomic E-state index is 13.3. The van der Waals surface area contributed by atoms with Crippen molar-refractivity contribution in [1.82, 2.24) is 4.90 Å². The first-order valence-electron chi connectivity index (χ1n) is 15.8. The maximum atomic E-state index is 13.3. The van der Waals surface area contributed by atoms with Gasteiger partial charge in [-0.15, -0.1) is 0 Å². The van der Waals surface area contributed by atoms with Gasteiger partial charge in [-0.1, -0.05) is 42.5 Å². The Labute approximate surface area is 260 Å². The van der Waals surface area contributed by atoms with E-state index in [1.54, 1.807) is 14.2 Å². The highest BCUT2D eigenvalue weighted by Gasteiger charge is 2.77. The number of fused-ring (bicyclic) bond motifs is 4. The molecule has 3 aliphatic heterocycles. The number of nitrogens with zero attached hydrogens (tertiary/aromatic N) is 2. The number of rotatable bonds is 7. The standard InChI is InChI=1S/C36H44N2O6/c1-37(2)20-29-32(23-9-6-5-7-10-23)36(26-13-15-27(16-14-26)38-18-24-21-43-22-25(24)19-38)35(40,34(29)39)33-30(42-4)12-8-11-28(41-3)17-31(33)44-36/h5-7,9-11,13-17,24-25,29,32,34,39-40H,8,12,18-22H2,1-4H3/t24-,25+,29-,32-,34-,35+,36+/m1/s1. The van der Waals surface area contributed by atoms with Crippen LogP contribution >= 0.6 is 0 Å². The summed E-state index contributed by atoms with van der Waals surface area (Å²) in [6.45, 7) is 4.18. The number of methoxy groups -OCH3 is 2. The third-order valence-electron chi connectivity index (χ3n) is 10.6. The molecule has 3 heterocycles. The van der Waals surface area contributed by atoms with Crippen LogP contribution in [-0.2, 0) is 24.5 Å². The van der Waals surface area contributed by atoms with Crippen molar-refractivity contribution in [1.29, 1.82) is 0 Å². The van der Waals surface area contributed by atoms with Gasteiger partial charge in [-0.05, 0) is 49.9 Å². The number of benzene rings is 2. The smallest absolute Gasteiger partial charge is 0.177 e. The van der Waals surface area contributed by atoms with Gasteiger partial charge in [-0.3, -0.25) is 0 Å². The molecule has 1 saturated carbocycles. The Kier molecular flexibility index (Phi) is 7.52. The molecule has 0 unspecified atom stereocenters. The Hall–Kier alpha value is -3.30. The van der Waals surface area contributed by atoms with Gasteiger partial charge in [0.15, 0.2) is 11.2 Å². The molecule has 0 amide bonds. The second-order valence-electron chi connectivity index (χ2n) is 13.2. The van der Waals surface area contributed by atoms with Crippen LogP contribution in [0.25, 0.3) is 0 Å². The molecule has 2 aliphatic carbocycles. The van der Waals surface area contributed by atoms with E-state index in [0.717, 1.165) is 43.1 Å². The Balaban J connectivity index is 1.44. The minimum atomic E-state index is -1.80. The minimum Gasteiger partial charge on any atom is -0.501 e. The molecule has 8 heteroatoms. The molecule has 234 valence electrons. The monoisotopic (exact) mass is 600 g/mol. The minimum absolute atomic E-state index is 0.343. The van der Waals surface area contributed by atoms with E-state index in [4.69, 9.17) is 18.9 Å². The third-order valence-corrected chi connectivity index (χ3v) is 10.6. The predicted molar refractivity (Wildman–Crippen MR) is 168 cm³/mol. The summed E-state index contributed by atoms with van der Waals surface area (Å²) in [4.78, 5) is 4.51. The number of aliphatic hydroxyl groups excluding tert-OH is 1. The molecule has 0 bridgehead atoms. The third kappa shape index (κ3) is 4.33. The van der Waals surface area contributed by atoms with E-state index >= 15 is 0 Å². The van der Waals surface area contributed by atoms with Crippen molar-refractivity contribution in [2.24, 2.45) is 17.8 Å². The van der Waals surface area contributed by atoms with Crippen molar-refractivity contribution in [2.45, 2.75) is 36.1 Å². The molecule has 4 fully saturated rings. The van der Waals surface area contributed by atoms with Gasteiger partial charge in [0.25, 0.3) is 0 Å². The van der Waals surface area contributed by atoms with E-state index in [1.807, 2.05) is 44.4 Å². The highest BCUT2D eigenvalue weighted by atomic mass is 16.5. The number of ether oxygens (including phenoxy) is 4. The largest absolute Gasteiger partial charge is 0.501 e. The lowest BCUT2D eigenvalue weighted by Crippen LogP contribution is -2.53. The zero-order valence-corrected chi connectivity index (χ0v) is 26.1. The molecule has 8 nitrogen and oxygen atoms in total. The van der Waals surface area contributed by atoms with Gasteiger partial charge in [0.05, 0.1) is 39.1 Å². The fourth-order valence-electron chi connectivity index (χ4n) is 8.64. The lowest BCUT2D eigenvalue weighted by atomic mass is 9.70. The highest BCUT2D eigenvalue weighted by molar-refractivity contribution is 5.59. The van der Waals surface area contributed by atoms with Crippen LogP contribution in [0.3, 0.4) is 0 Å². The van der Waals surface area contributed by atoms with Crippen molar-refractivity contribution < 1.29 is 29.2 Å². The first-order valence-corrected chi connectivity index (χ1v) is 15.8. The first-order chi connectivity index (χ1) is 21.3. The normalized spacial score (nSPS) is 34.5. The van der Waals surface area contributed by atoms with Crippen LogP contribution < -0.4 is 4.90 Å². The average Bonchev–Trinajstić information content (AvgIpc) is 3.73. The van der Waals surface area contributed by atoms with Gasteiger partial charge in [-0.25, -0.2) is 0 Å². The summed E-state index contributed by atoms with van der Waals surface area (Å²) in [5, 5.41) is 25.8. The van der Waals surface area contributed by atoms with Gasteiger partial charge in [-0.2, -0.15) is 0 Å². The van der Waals surface area contributed by atoms with E-state index in [2.05, 4.69) is 46.2 Å².